The van der Waals surface area contributed by atoms with E-state index in [2.05, 4.69) is 19.9 Å². The van der Waals surface area contributed by atoms with Crippen LogP contribution < -0.4 is 0 Å². The molecule has 108 valence electrons. The fourth-order valence-electron chi connectivity index (χ4n) is 9.57. The van der Waals surface area contributed by atoms with Crippen molar-refractivity contribution in [2.45, 2.75) is 76.0 Å². The summed E-state index contributed by atoms with van der Waals surface area (Å²) < 4.78 is 0. The maximum atomic E-state index is 2.72. The highest BCUT2D eigenvalue weighted by Gasteiger charge is 2.88. The highest BCUT2D eigenvalue weighted by molar-refractivity contribution is 5.71. The van der Waals surface area contributed by atoms with Gasteiger partial charge in [0.05, 0.1) is 0 Å². The predicted octanol–water partition coefficient (Wildman–Crippen LogP) is 4.59. The maximum absolute atomic E-state index is 2.72. The van der Waals surface area contributed by atoms with Crippen LogP contribution in [-0.2, 0) is 23.7 Å². The lowest BCUT2D eigenvalue weighted by Gasteiger charge is -2.81. The zero-order valence-electron chi connectivity index (χ0n) is 13.3. The van der Waals surface area contributed by atoms with E-state index in [-0.39, 0.29) is 0 Å². The Balaban J connectivity index is 1.77. The van der Waals surface area contributed by atoms with Gasteiger partial charge in [-0.25, -0.2) is 0 Å². The summed E-state index contributed by atoms with van der Waals surface area (Å²) in [5.74, 6) is 1.06. The van der Waals surface area contributed by atoms with E-state index in [0.717, 1.165) is 5.92 Å². The summed E-state index contributed by atoms with van der Waals surface area (Å²) in [6.07, 6.45) is 12.0. The minimum absolute atomic E-state index is 0.570. The second-order valence-electron chi connectivity index (χ2n) is 9.78. The molecule has 0 heteroatoms. The number of hydrogen-bond acceptors (Lipinski definition) is 0. The Kier molecular flexibility index (Phi) is 1.31. The minimum atomic E-state index is 0.570. The molecule has 1 aromatic rings. The summed E-state index contributed by atoms with van der Waals surface area (Å²) in [5, 5.41) is 0. The number of benzene rings is 1. The van der Waals surface area contributed by atoms with Crippen molar-refractivity contribution in [3.63, 3.8) is 0 Å². The Morgan fingerprint density at radius 1 is 1.19 bits per heavy atom. The molecule has 0 aliphatic heterocycles. The first-order chi connectivity index (χ1) is 10.1. The lowest BCUT2D eigenvalue weighted by molar-refractivity contribution is -0.188. The third-order valence-corrected chi connectivity index (χ3v) is 9.93. The Morgan fingerprint density at radius 3 is 3.00 bits per heavy atom. The van der Waals surface area contributed by atoms with Gasteiger partial charge in [0, 0.05) is 10.8 Å². The van der Waals surface area contributed by atoms with Gasteiger partial charge in [-0.3, -0.25) is 0 Å². The van der Waals surface area contributed by atoms with Crippen molar-refractivity contribution < 1.29 is 0 Å². The van der Waals surface area contributed by atoms with Crippen LogP contribution in [0.3, 0.4) is 0 Å². The molecule has 8 bridgehead atoms. The third-order valence-electron chi connectivity index (χ3n) is 9.93. The molecule has 5 atom stereocenters. The van der Waals surface area contributed by atoms with Crippen molar-refractivity contribution in [1.29, 1.82) is 0 Å². The summed E-state index contributed by atoms with van der Waals surface area (Å²) in [7, 11) is 0. The van der Waals surface area contributed by atoms with Gasteiger partial charge in [-0.2, -0.15) is 0 Å². The molecule has 5 unspecified atom stereocenters. The van der Waals surface area contributed by atoms with Gasteiger partial charge in [0.1, 0.15) is 0 Å². The Morgan fingerprint density at radius 2 is 2.10 bits per heavy atom. The lowest BCUT2D eigenvalue weighted by atomic mass is 9.21. The standard InChI is InChI=1S/C21H24/c1-12-14-4-3-5-20-11-19-6-7-21(16(20)10-19)17(12)15(18(20,21)2)8-13(14)9-19/h8,16H,3-7,9-11H2,1-2H3. The molecule has 0 radical (unpaired) electrons. The summed E-state index contributed by atoms with van der Waals surface area (Å²) >= 11 is 0. The van der Waals surface area contributed by atoms with Gasteiger partial charge in [-0.05, 0) is 103 Å². The molecule has 3 spiro atoms. The second kappa shape index (κ2) is 2.53. The van der Waals surface area contributed by atoms with Crippen LogP contribution >= 0.6 is 0 Å². The van der Waals surface area contributed by atoms with Crippen molar-refractivity contribution in [2.75, 3.05) is 0 Å². The van der Waals surface area contributed by atoms with Gasteiger partial charge in [-0.1, -0.05) is 13.0 Å². The zero-order valence-corrected chi connectivity index (χ0v) is 13.3. The summed E-state index contributed by atoms with van der Waals surface area (Å²) in [4.78, 5) is 0. The third kappa shape index (κ3) is 0.685. The van der Waals surface area contributed by atoms with E-state index in [1.165, 1.54) is 38.5 Å². The first-order valence-corrected chi connectivity index (χ1v) is 9.24. The van der Waals surface area contributed by atoms with Crippen LogP contribution in [0, 0.1) is 23.7 Å². The molecule has 0 N–H and O–H groups in total. The molecular formula is C21H24. The summed E-state index contributed by atoms with van der Waals surface area (Å²) in [6.45, 7) is 5.19. The fraction of sp³-hybridized carbons (Fsp3) is 0.714. The molecule has 8 aliphatic rings. The van der Waals surface area contributed by atoms with Crippen LogP contribution in [0.15, 0.2) is 6.07 Å². The van der Waals surface area contributed by atoms with Crippen molar-refractivity contribution in [3.8, 4) is 0 Å². The van der Waals surface area contributed by atoms with Crippen LogP contribution in [0.1, 0.15) is 73.3 Å². The van der Waals surface area contributed by atoms with Gasteiger partial charge in [0.25, 0.3) is 0 Å². The molecule has 0 aromatic heterocycles. The molecule has 1 aromatic carbocycles. The van der Waals surface area contributed by atoms with Gasteiger partial charge >= 0.3 is 0 Å². The molecule has 0 nitrogen and oxygen atoms in total. The molecule has 9 rings (SSSR count). The molecule has 0 amide bonds. The highest BCUT2D eigenvalue weighted by atomic mass is 14.9. The predicted molar refractivity (Wildman–Crippen MR) is 83.7 cm³/mol. The first kappa shape index (κ1) is 10.9. The van der Waals surface area contributed by atoms with E-state index in [1.54, 1.807) is 29.5 Å². The van der Waals surface area contributed by atoms with E-state index < -0.39 is 0 Å². The number of rotatable bonds is 0. The SMILES string of the molecule is Cc1c2c3cc4c1C15CCC6(C3)CC1C(CCC2)(C6)C45C. The van der Waals surface area contributed by atoms with Crippen LogP contribution in [0.5, 0.6) is 0 Å². The molecule has 3 saturated carbocycles. The molecule has 8 aliphatic carbocycles. The van der Waals surface area contributed by atoms with Crippen LogP contribution in [0.2, 0.25) is 0 Å². The van der Waals surface area contributed by atoms with E-state index in [1.807, 2.05) is 11.1 Å². The molecule has 3 fully saturated rings. The van der Waals surface area contributed by atoms with Gasteiger partial charge in [-0.15, -0.1) is 0 Å². The Bertz CT molecular complexity index is 773. The molecule has 0 saturated heterocycles. The topological polar surface area (TPSA) is 0 Å². The van der Waals surface area contributed by atoms with E-state index in [9.17, 15) is 0 Å². The molecule has 21 heavy (non-hydrogen) atoms. The van der Waals surface area contributed by atoms with Crippen LogP contribution in [0.4, 0.5) is 0 Å². The summed E-state index contributed by atoms with van der Waals surface area (Å²) in [6, 6.07) is 2.72. The van der Waals surface area contributed by atoms with E-state index >= 15 is 0 Å². The van der Waals surface area contributed by atoms with E-state index in [0.29, 0.717) is 21.7 Å². The maximum Gasteiger partial charge on any atom is 0.00926 e. The quantitative estimate of drug-likeness (QED) is 0.650. The van der Waals surface area contributed by atoms with Gasteiger partial charge < -0.3 is 0 Å². The smallest absolute Gasteiger partial charge is 0.00926 e. The fourth-order valence-corrected chi connectivity index (χ4v) is 9.57. The van der Waals surface area contributed by atoms with Gasteiger partial charge in [0.2, 0.25) is 0 Å². The average Bonchev–Trinajstić information content (AvgIpc) is 2.83. The molecule has 0 heterocycles. The first-order valence-electron chi connectivity index (χ1n) is 9.24. The largest absolute Gasteiger partial charge is 0.0546 e. The zero-order chi connectivity index (χ0) is 13.8. The Labute approximate surface area is 127 Å². The average molecular weight is 276 g/mol. The van der Waals surface area contributed by atoms with Crippen molar-refractivity contribution >= 4 is 0 Å². The highest BCUT2D eigenvalue weighted by Crippen LogP contribution is 2.92. The summed E-state index contributed by atoms with van der Waals surface area (Å²) in [5.41, 5.74) is 11.7. The monoisotopic (exact) mass is 276 g/mol. The normalized spacial score (nSPS) is 55.8. The Hall–Kier alpha value is -0.780. The van der Waals surface area contributed by atoms with Crippen molar-refractivity contribution in [3.05, 3.63) is 33.9 Å². The van der Waals surface area contributed by atoms with Crippen molar-refractivity contribution in [1.82, 2.24) is 0 Å². The van der Waals surface area contributed by atoms with Crippen LogP contribution in [0.25, 0.3) is 0 Å². The second-order valence-corrected chi connectivity index (χ2v) is 9.78. The van der Waals surface area contributed by atoms with Gasteiger partial charge in [0.15, 0.2) is 0 Å². The number of hydrogen-bond donors (Lipinski definition) is 0. The van der Waals surface area contributed by atoms with Crippen LogP contribution in [-0.4, -0.2) is 0 Å². The van der Waals surface area contributed by atoms with Crippen molar-refractivity contribution in [2.24, 2.45) is 16.7 Å². The molecular weight excluding hydrogens is 252 g/mol. The lowest BCUT2D eigenvalue weighted by Crippen LogP contribution is -2.80. The van der Waals surface area contributed by atoms with E-state index in [4.69, 9.17) is 0 Å². The minimum Gasteiger partial charge on any atom is -0.0546 e.